The zero-order chi connectivity index (χ0) is 12.8. The highest BCUT2D eigenvalue weighted by Gasteiger charge is 2.17. The van der Waals surface area contributed by atoms with Crippen LogP contribution in [0.4, 0.5) is 0 Å². The molecule has 1 saturated heterocycles. The molecule has 1 aliphatic rings. The Labute approximate surface area is 113 Å². The van der Waals surface area contributed by atoms with Crippen LogP contribution in [0.1, 0.15) is 18.1 Å². The first-order chi connectivity index (χ1) is 8.79. The fraction of sp³-hybridized carbons (Fsp3) is 0.467. The van der Waals surface area contributed by atoms with Gasteiger partial charge in [0.25, 0.3) is 0 Å². The quantitative estimate of drug-likeness (QED) is 0.823. The Hall–Kier alpha value is -0.950. The summed E-state index contributed by atoms with van der Waals surface area (Å²) in [5.74, 6) is 6.98. The lowest BCUT2D eigenvalue weighted by molar-refractivity contribution is 0.278. The van der Waals surface area contributed by atoms with E-state index in [-0.39, 0.29) is 6.61 Å². The third-order valence-corrected chi connectivity index (χ3v) is 4.18. The van der Waals surface area contributed by atoms with Gasteiger partial charge >= 0.3 is 0 Å². The summed E-state index contributed by atoms with van der Waals surface area (Å²) >= 11 is 2.05. The van der Waals surface area contributed by atoms with E-state index in [0.717, 1.165) is 30.4 Å². The van der Waals surface area contributed by atoms with Crippen LogP contribution in [0.5, 0.6) is 0 Å². The second kappa shape index (κ2) is 6.84. The van der Waals surface area contributed by atoms with Crippen LogP contribution in [-0.4, -0.2) is 40.7 Å². The van der Waals surface area contributed by atoms with Crippen LogP contribution in [-0.2, 0) is 6.54 Å². The Balaban J connectivity index is 2.08. The first-order valence-electron chi connectivity index (χ1n) is 6.31. The molecule has 0 aliphatic carbocycles. The van der Waals surface area contributed by atoms with Gasteiger partial charge in [-0.05, 0) is 11.6 Å². The molecule has 0 amide bonds. The number of thioether (sulfide) groups is 1. The molecule has 1 aromatic carbocycles. The summed E-state index contributed by atoms with van der Waals surface area (Å²) < 4.78 is 0. The van der Waals surface area contributed by atoms with Gasteiger partial charge in [-0.25, -0.2) is 0 Å². The van der Waals surface area contributed by atoms with Crippen molar-refractivity contribution < 1.29 is 5.11 Å². The average molecular weight is 261 g/mol. The summed E-state index contributed by atoms with van der Waals surface area (Å²) in [5, 5.41) is 9.50. The molecule has 0 spiro atoms. The molecule has 1 fully saturated rings. The van der Waals surface area contributed by atoms with Crippen molar-refractivity contribution in [3.63, 3.8) is 0 Å². The second-order valence-corrected chi connectivity index (χ2v) is 6.08. The number of hydrogen-bond acceptors (Lipinski definition) is 3. The van der Waals surface area contributed by atoms with Gasteiger partial charge in [0.15, 0.2) is 0 Å². The molecule has 2 nitrogen and oxygen atoms in total. The molecule has 0 aromatic heterocycles. The molecule has 1 atom stereocenters. The van der Waals surface area contributed by atoms with E-state index >= 15 is 0 Å². The molecule has 96 valence electrons. The maximum Gasteiger partial charge on any atom is 0.104 e. The molecule has 0 saturated carbocycles. The van der Waals surface area contributed by atoms with Crippen molar-refractivity contribution >= 4 is 11.8 Å². The third kappa shape index (κ3) is 3.78. The Morgan fingerprint density at radius 3 is 3.06 bits per heavy atom. The van der Waals surface area contributed by atoms with Gasteiger partial charge in [0.05, 0.1) is 0 Å². The van der Waals surface area contributed by atoms with Gasteiger partial charge in [-0.3, -0.25) is 4.90 Å². The molecule has 0 radical (unpaired) electrons. The molecule has 1 aromatic rings. The highest BCUT2D eigenvalue weighted by atomic mass is 32.2. The lowest BCUT2D eigenvalue weighted by Crippen LogP contribution is -2.36. The molecule has 2 rings (SSSR count). The predicted molar refractivity (Wildman–Crippen MR) is 77.6 cm³/mol. The standard InChI is InChI=1S/C15H19NOS/c1-13-11-16(8-10-18-13)12-15-6-3-2-5-14(15)7-4-9-17/h2-3,5-6,13,17H,8-12H2,1H3. The van der Waals surface area contributed by atoms with Crippen molar-refractivity contribution in [1.29, 1.82) is 0 Å². The van der Waals surface area contributed by atoms with Crippen LogP contribution < -0.4 is 0 Å². The van der Waals surface area contributed by atoms with E-state index in [1.165, 1.54) is 11.3 Å². The largest absolute Gasteiger partial charge is 0.384 e. The fourth-order valence-corrected chi connectivity index (χ4v) is 3.27. The number of aliphatic hydroxyl groups is 1. The summed E-state index contributed by atoms with van der Waals surface area (Å²) in [7, 11) is 0. The summed E-state index contributed by atoms with van der Waals surface area (Å²) in [6.07, 6.45) is 0. The van der Waals surface area contributed by atoms with Gasteiger partial charge < -0.3 is 5.11 Å². The van der Waals surface area contributed by atoms with Crippen molar-refractivity contribution in [2.24, 2.45) is 0 Å². The third-order valence-electron chi connectivity index (χ3n) is 3.04. The normalized spacial score (nSPS) is 20.2. The Morgan fingerprint density at radius 1 is 1.44 bits per heavy atom. The fourth-order valence-electron chi connectivity index (χ4n) is 2.19. The summed E-state index contributed by atoms with van der Waals surface area (Å²) in [6.45, 7) is 5.46. The van der Waals surface area contributed by atoms with Crippen LogP contribution in [0.15, 0.2) is 24.3 Å². The zero-order valence-corrected chi connectivity index (χ0v) is 11.5. The van der Waals surface area contributed by atoms with Crippen LogP contribution >= 0.6 is 11.8 Å². The van der Waals surface area contributed by atoms with E-state index in [0.29, 0.717) is 0 Å². The van der Waals surface area contributed by atoms with Crippen molar-refractivity contribution in [2.75, 3.05) is 25.4 Å². The number of aliphatic hydroxyl groups excluding tert-OH is 1. The molecule has 0 bridgehead atoms. The Bertz CT molecular complexity index is 449. The zero-order valence-electron chi connectivity index (χ0n) is 10.7. The van der Waals surface area contributed by atoms with Crippen LogP contribution in [0.3, 0.4) is 0 Å². The molecule has 1 N–H and O–H groups in total. The van der Waals surface area contributed by atoms with Gasteiger partial charge in [0.1, 0.15) is 6.61 Å². The number of benzene rings is 1. The highest BCUT2D eigenvalue weighted by molar-refractivity contribution is 7.99. The van der Waals surface area contributed by atoms with Gasteiger partial charge in [-0.15, -0.1) is 0 Å². The summed E-state index contributed by atoms with van der Waals surface area (Å²) in [4.78, 5) is 2.49. The molecular formula is C15H19NOS. The van der Waals surface area contributed by atoms with E-state index in [2.05, 4.69) is 35.8 Å². The molecule has 1 aliphatic heterocycles. The van der Waals surface area contributed by atoms with Crippen LogP contribution in [0.25, 0.3) is 0 Å². The second-order valence-electron chi connectivity index (χ2n) is 4.53. The number of rotatable bonds is 2. The van der Waals surface area contributed by atoms with E-state index < -0.39 is 0 Å². The highest BCUT2D eigenvalue weighted by Crippen LogP contribution is 2.20. The Morgan fingerprint density at radius 2 is 2.28 bits per heavy atom. The first kappa shape index (κ1) is 13.5. The molecule has 18 heavy (non-hydrogen) atoms. The molecule has 3 heteroatoms. The molecule has 1 heterocycles. The lowest BCUT2D eigenvalue weighted by atomic mass is 10.1. The maximum absolute atomic E-state index is 8.79. The van der Waals surface area contributed by atoms with Gasteiger partial charge in [0.2, 0.25) is 0 Å². The predicted octanol–water partition coefficient (Wildman–Crippen LogP) is 1.97. The van der Waals surface area contributed by atoms with Crippen molar-refractivity contribution in [3.05, 3.63) is 35.4 Å². The monoisotopic (exact) mass is 261 g/mol. The van der Waals surface area contributed by atoms with E-state index in [9.17, 15) is 0 Å². The molecule has 1 unspecified atom stereocenters. The van der Waals surface area contributed by atoms with Gasteiger partial charge in [-0.2, -0.15) is 11.8 Å². The van der Waals surface area contributed by atoms with E-state index in [1.807, 2.05) is 23.9 Å². The lowest BCUT2D eigenvalue weighted by Gasteiger charge is -2.30. The van der Waals surface area contributed by atoms with Crippen LogP contribution in [0, 0.1) is 11.8 Å². The summed E-state index contributed by atoms with van der Waals surface area (Å²) in [6, 6.07) is 8.22. The molecular weight excluding hydrogens is 242 g/mol. The van der Waals surface area contributed by atoms with Crippen molar-refractivity contribution in [1.82, 2.24) is 4.90 Å². The summed E-state index contributed by atoms with van der Waals surface area (Å²) in [5.41, 5.74) is 2.30. The average Bonchev–Trinajstić information content (AvgIpc) is 2.38. The van der Waals surface area contributed by atoms with Crippen molar-refractivity contribution in [3.8, 4) is 11.8 Å². The van der Waals surface area contributed by atoms with Gasteiger partial charge in [0, 0.05) is 36.2 Å². The van der Waals surface area contributed by atoms with Gasteiger partial charge in [-0.1, -0.05) is 37.0 Å². The minimum Gasteiger partial charge on any atom is -0.384 e. The topological polar surface area (TPSA) is 23.5 Å². The maximum atomic E-state index is 8.79. The smallest absolute Gasteiger partial charge is 0.104 e. The number of hydrogen-bond donors (Lipinski definition) is 1. The first-order valence-corrected chi connectivity index (χ1v) is 7.36. The Kier molecular flexibility index (Phi) is 5.12. The minimum absolute atomic E-state index is 0.0777. The van der Waals surface area contributed by atoms with E-state index in [1.54, 1.807) is 0 Å². The number of nitrogens with zero attached hydrogens (tertiary/aromatic N) is 1. The minimum atomic E-state index is -0.0777. The SMILES string of the molecule is CC1CN(Cc2ccccc2C#CCO)CCS1. The van der Waals surface area contributed by atoms with Crippen LogP contribution in [0.2, 0.25) is 0 Å². The van der Waals surface area contributed by atoms with Crippen molar-refractivity contribution in [2.45, 2.75) is 18.7 Å². The van der Waals surface area contributed by atoms with E-state index in [4.69, 9.17) is 5.11 Å².